The van der Waals surface area contributed by atoms with E-state index < -0.39 is 50.1 Å². The fourth-order valence-corrected chi connectivity index (χ4v) is 1.48. The van der Waals surface area contributed by atoms with Crippen LogP contribution >= 0.6 is 0 Å². The Morgan fingerprint density at radius 2 is 0.750 bits per heavy atom. The number of nitrogens with zero attached hydrogens (tertiary/aromatic N) is 2. The molecule has 0 aliphatic heterocycles. The van der Waals surface area contributed by atoms with Crippen LogP contribution in [0.1, 0.15) is 4.28 Å². The van der Waals surface area contributed by atoms with E-state index in [1.165, 1.54) is 0 Å². The molecule has 0 spiro atoms. The fourth-order valence-electron chi connectivity index (χ4n) is 1.48. The third-order valence-electron chi connectivity index (χ3n) is 2.17. The standard InChI is InChI=1S/C10H16N2O8.Fe.3Na.3H/c13-7(14)3-11(4-8(15)16)1-2-12(5-9(17)18)6-10(19)20;;;;;;;/h1-6H2,(H,13,14)(H,15,16)(H,17,18)(H,19,20);;;;;;;/q;;3*+1;3*-1. The molecule has 128 valence electrons. The first-order chi connectivity index (χ1) is 9.20. The second kappa shape index (κ2) is 20.6. The number of rotatable bonds is 11. The molecule has 24 heavy (non-hydrogen) atoms. The van der Waals surface area contributed by atoms with Gasteiger partial charge in [0.15, 0.2) is 0 Å². The van der Waals surface area contributed by atoms with Crippen molar-refractivity contribution in [3.63, 3.8) is 0 Å². The third-order valence-corrected chi connectivity index (χ3v) is 2.17. The number of aliphatic carboxylic acids is 4. The average molecular weight is 420 g/mol. The molecule has 0 aliphatic carbocycles. The number of hydrogen-bond donors (Lipinski definition) is 4. The zero-order valence-electron chi connectivity index (χ0n) is 16.9. The normalized spacial score (nSPS) is 8.92. The van der Waals surface area contributed by atoms with Gasteiger partial charge in [-0.25, -0.2) is 0 Å². The van der Waals surface area contributed by atoms with E-state index in [0.717, 1.165) is 9.80 Å². The average Bonchev–Trinajstić information content (AvgIpc) is 2.22. The summed E-state index contributed by atoms with van der Waals surface area (Å²) in [6.45, 7) is -2.25. The molecule has 0 amide bonds. The molecule has 4 N–H and O–H groups in total. The Morgan fingerprint density at radius 1 is 0.583 bits per heavy atom. The summed E-state index contributed by atoms with van der Waals surface area (Å²) >= 11 is 0. The van der Waals surface area contributed by atoms with E-state index in [-0.39, 0.29) is 123 Å². The first-order valence-electron chi connectivity index (χ1n) is 5.52. The first-order valence-corrected chi connectivity index (χ1v) is 5.52. The molecule has 0 aromatic heterocycles. The van der Waals surface area contributed by atoms with E-state index in [1.807, 2.05) is 0 Å². The van der Waals surface area contributed by atoms with Crippen LogP contribution in [0, 0.1) is 0 Å². The molecule has 0 rings (SSSR count). The van der Waals surface area contributed by atoms with Crippen LogP contribution in [0.4, 0.5) is 0 Å². The summed E-state index contributed by atoms with van der Waals surface area (Å²) in [5.74, 6) is -4.91. The topological polar surface area (TPSA) is 156 Å². The Bertz CT molecular complexity index is 348. The van der Waals surface area contributed by atoms with E-state index in [0.29, 0.717) is 0 Å². The number of hydrogen-bond acceptors (Lipinski definition) is 6. The molecule has 0 heterocycles. The summed E-state index contributed by atoms with van der Waals surface area (Å²) in [6, 6.07) is 0. The van der Waals surface area contributed by atoms with Crippen molar-refractivity contribution in [1.82, 2.24) is 9.80 Å². The summed E-state index contributed by atoms with van der Waals surface area (Å²) in [4.78, 5) is 44.4. The van der Waals surface area contributed by atoms with Gasteiger partial charge in [0.1, 0.15) is 0 Å². The summed E-state index contributed by atoms with van der Waals surface area (Å²) in [5, 5.41) is 34.5. The predicted octanol–water partition coefficient (Wildman–Crippen LogP) is -10.7. The van der Waals surface area contributed by atoms with Gasteiger partial charge >= 0.3 is 113 Å². The molecule has 0 atom stereocenters. The second-order valence-electron chi connectivity index (χ2n) is 4.00. The van der Waals surface area contributed by atoms with Crippen molar-refractivity contribution in [3.05, 3.63) is 0 Å². The van der Waals surface area contributed by atoms with Gasteiger partial charge < -0.3 is 24.7 Å². The van der Waals surface area contributed by atoms with E-state index in [2.05, 4.69) is 0 Å². The molecule has 10 nitrogen and oxygen atoms in total. The smallest absolute Gasteiger partial charge is 1.00 e. The van der Waals surface area contributed by atoms with Gasteiger partial charge in [-0.2, -0.15) is 0 Å². The zero-order chi connectivity index (χ0) is 15.7. The molecule has 0 aliphatic rings. The zero-order valence-corrected chi connectivity index (χ0v) is 21.0. The largest absolute Gasteiger partial charge is 1.00 e. The molecule has 0 saturated carbocycles. The van der Waals surface area contributed by atoms with E-state index in [9.17, 15) is 19.2 Å². The fraction of sp³-hybridized carbons (Fsp3) is 0.600. The summed E-state index contributed by atoms with van der Waals surface area (Å²) < 4.78 is 0. The van der Waals surface area contributed by atoms with Gasteiger partial charge in [-0.15, -0.1) is 0 Å². The van der Waals surface area contributed by atoms with Crippen LogP contribution in [-0.2, 0) is 36.2 Å². The van der Waals surface area contributed by atoms with E-state index >= 15 is 0 Å². The van der Waals surface area contributed by atoms with Crippen molar-refractivity contribution in [1.29, 1.82) is 0 Å². The van der Waals surface area contributed by atoms with Crippen molar-refractivity contribution < 1.29 is 150 Å². The van der Waals surface area contributed by atoms with Crippen molar-refractivity contribution in [2.75, 3.05) is 39.3 Å². The molecule has 0 aromatic rings. The summed E-state index contributed by atoms with van der Waals surface area (Å²) in [7, 11) is 0. The minimum Gasteiger partial charge on any atom is -1.00 e. The molecular formula is C10H19FeN2Na3O8. The van der Waals surface area contributed by atoms with Crippen molar-refractivity contribution in [3.8, 4) is 0 Å². The molecule has 0 unspecified atom stereocenters. The van der Waals surface area contributed by atoms with Gasteiger partial charge in [-0.1, -0.05) is 0 Å². The molecule has 0 saturated heterocycles. The molecule has 0 aromatic carbocycles. The van der Waals surface area contributed by atoms with Gasteiger partial charge in [-0.05, 0) is 0 Å². The summed E-state index contributed by atoms with van der Waals surface area (Å²) in [6.07, 6.45) is 0. The maximum Gasteiger partial charge on any atom is 1.00 e. The van der Waals surface area contributed by atoms with E-state index in [4.69, 9.17) is 20.4 Å². The summed E-state index contributed by atoms with van der Waals surface area (Å²) in [5.41, 5.74) is 0. The number of carboxylic acid groups (broad SMARTS) is 4. The quantitative estimate of drug-likeness (QED) is 0.237. The van der Waals surface area contributed by atoms with Crippen LogP contribution in [-0.4, -0.2) is 93.4 Å². The van der Waals surface area contributed by atoms with Crippen molar-refractivity contribution in [2.24, 2.45) is 0 Å². The molecule has 0 fully saturated rings. The van der Waals surface area contributed by atoms with Crippen LogP contribution in [0.3, 0.4) is 0 Å². The first kappa shape index (κ1) is 36.3. The van der Waals surface area contributed by atoms with Crippen LogP contribution in [0.2, 0.25) is 0 Å². The third kappa shape index (κ3) is 23.3. The van der Waals surface area contributed by atoms with Crippen LogP contribution < -0.4 is 88.7 Å². The Kier molecular flexibility index (Phi) is 31.2. The number of carbonyl (C=O) groups is 4. The van der Waals surface area contributed by atoms with Gasteiger partial charge in [0.25, 0.3) is 0 Å². The number of carboxylic acids is 4. The van der Waals surface area contributed by atoms with Crippen LogP contribution in [0.5, 0.6) is 0 Å². The predicted molar refractivity (Wildman–Crippen MR) is 66.8 cm³/mol. The Balaban J connectivity index is -0.0000000860. The minimum absolute atomic E-state index is 0. The Labute approximate surface area is 220 Å². The van der Waals surface area contributed by atoms with Gasteiger partial charge in [0.2, 0.25) is 0 Å². The molecule has 0 bridgehead atoms. The Hall–Kier alpha value is 1.32. The minimum atomic E-state index is -1.23. The van der Waals surface area contributed by atoms with Crippen molar-refractivity contribution in [2.45, 2.75) is 0 Å². The maximum atomic E-state index is 10.6. The monoisotopic (exact) mass is 420 g/mol. The SMILES string of the molecule is O=C(O)CN(CCN(CC(=O)O)CC(=O)O)CC(=O)O.[Fe].[H-].[H-].[H-].[Na+].[Na+].[Na+]. The van der Waals surface area contributed by atoms with Crippen molar-refractivity contribution >= 4 is 23.9 Å². The molecule has 14 heteroatoms. The molecule has 0 radical (unpaired) electrons. The maximum absolute atomic E-state index is 10.6. The van der Waals surface area contributed by atoms with Gasteiger partial charge in [0, 0.05) is 30.2 Å². The van der Waals surface area contributed by atoms with Crippen LogP contribution in [0.25, 0.3) is 0 Å². The second-order valence-corrected chi connectivity index (χ2v) is 4.00. The Morgan fingerprint density at radius 3 is 0.875 bits per heavy atom. The van der Waals surface area contributed by atoms with Gasteiger partial charge in [-0.3, -0.25) is 29.0 Å². The van der Waals surface area contributed by atoms with E-state index in [1.54, 1.807) is 0 Å². The van der Waals surface area contributed by atoms with Crippen LogP contribution in [0.15, 0.2) is 0 Å². The molecular weight excluding hydrogens is 401 g/mol. The van der Waals surface area contributed by atoms with Gasteiger partial charge in [0.05, 0.1) is 26.2 Å².